The third-order valence-corrected chi connectivity index (χ3v) is 3.01. The minimum absolute atomic E-state index is 0.0106. The first-order valence-corrected chi connectivity index (χ1v) is 7.05. The molecule has 0 aliphatic carbocycles. The van der Waals surface area contributed by atoms with Crippen molar-refractivity contribution in [2.24, 2.45) is 5.10 Å². The van der Waals surface area contributed by atoms with Crippen molar-refractivity contribution in [3.63, 3.8) is 0 Å². The maximum Gasteiger partial charge on any atom is 0.240 e. The highest BCUT2D eigenvalue weighted by Crippen LogP contribution is 2.13. The van der Waals surface area contributed by atoms with E-state index < -0.39 is 0 Å². The predicted octanol–water partition coefficient (Wildman–Crippen LogP) is 3.84. The standard InChI is InChI=1S/C16H24N2O/c1-4-5-6-7-16(19)18-17-12-14-8-10-15(11-9-14)13(2)3/h8-13H,4-7H2,1-3H3,(H,18,19)/b17-12-. The molecule has 1 aromatic carbocycles. The Kier molecular flexibility index (Phi) is 6.86. The monoisotopic (exact) mass is 260 g/mol. The molecule has 0 aliphatic rings. The van der Waals surface area contributed by atoms with Crippen LogP contribution in [0.5, 0.6) is 0 Å². The van der Waals surface area contributed by atoms with Gasteiger partial charge < -0.3 is 0 Å². The molecular weight excluding hydrogens is 236 g/mol. The molecule has 0 unspecified atom stereocenters. The van der Waals surface area contributed by atoms with E-state index in [2.05, 4.69) is 43.4 Å². The zero-order valence-corrected chi connectivity index (χ0v) is 12.1. The van der Waals surface area contributed by atoms with Crippen molar-refractivity contribution < 1.29 is 4.79 Å². The molecule has 0 aliphatic heterocycles. The van der Waals surface area contributed by atoms with Crippen molar-refractivity contribution in [2.45, 2.75) is 52.4 Å². The molecule has 0 saturated carbocycles. The average molecular weight is 260 g/mol. The number of hydrogen-bond acceptors (Lipinski definition) is 2. The Bertz CT molecular complexity index is 407. The molecule has 0 aromatic heterocycles. The van der Waals surface area contributed by atoms with Crippen molar-refractivity contribution in [2.75, 3.05) is 0 Å². The first-order valence-electron chi connectivity index (χ1n) is 7.05. The molecule has 0 fully saturated rings. The van der Waals surface area contributed by atoms with Crippen LogP contribution in [0.25, 0.3) is 0 Å². The summed E-state index contributed by atoms with van der Waals surface area (Å²) in [6.07, 6.45) is 5.38. The lowest BCUT2D eigenvalue weighted by Gasteiger charge is -2.04. The number of hydrazone groups is 1. The van der Waals surface area contributed by atoms with E-state index >= 15 is 0 Å². The summed E-state index contributed by atoms with van der Waals surface area (Å²) in [6.45, 7) is 6.45. The molecular formula is C16H24N2O. The summed E-state index contributed by atoms with van der Waals surface area (Å²) in [5, 5.41) is 3.97. The highest BCUT2D eigenvalue weighted by atomic mass is 16.2. The van der Waals surface area contributed by atoms with E-state index in [1.807, 2.05) is 12.1 Å². The van der Waals surface area contributed by atoms with Gasteiger partial charge in [-0.05, 0) is 23.5 Å². The van der Waals surface area contributed by atoms with Gasteiger partial charge in [-0.15, -0.1) is 0 Å². The summed E-state index contributed by atoms with van der Waals surface area (Å²) in [5.41, 5.74) is 4.86. The molecule has 3 nitrogen and oxygen atoms in total. The van der Waals surface area contributed by atoms with Crippen LogP contribution < -0.4 is 5.43 Å². The summed E-state index contributed by atoms with van der Waals surface area (Å²) in [5.74, 6) is 0.521. The van der Waals surface area contributed by atoms with E-state index in [0.29, 0.717) is 12.3 Å². The largest absolute Gasteiger partial charge is 0.273 e. The van der Waals surface area contributed by atoms with Crippen LogP contribution in [0.3, 0.4) is 0 Å². The highest BCUT2D eigenvalue weighted by molar-refractivity contribution is 5.82. The fourth-order valence-corrected chi connectivity index (χ4v) is 1.74. The summed E-state index contributed by atoms with van der Waals surface area (Å²) in [6, 6.07) is 8.22. The Morgan fingerprint density at radius 3 is 2.53 bits per heavy atom. The van der Waals surface area contributed by atoms with E-state index in [1.54, 1.807) is 6.21 Å². The first-order chi connectivity index (χ1) is 9.13. The van der Waals surface area contributed by atoms with Gasteiger partial charge >= 0.3 is 0 Å². The van der Waals surface area contributed by atoms with Gasteiger partial charge in [0.15, 0.2) is 0 Å². The number of nitrogens with zero attached hydrogens (tertiary/aromatic N) is 1. The molecule has 0 bridgehead atoms. The summed E-state index contributed by atoms with van der Waals surface area (Å²) in [7, 11) is 0. The van der Waals surface area contributed by atoms with Crippen LogP contribution in [0.2, 0.25) is 0 Å². The van der Waals surface area contributed by atoms with Gasteiger partial charge in [-0.2, -0.15) is 5.10 Å². The molecule has 1 aromatic rings. The molecule has 0 atom stereocenters. The second-order valence-electron chi connectivity index (χ2n) is 5.07. The van der Waals surface area contributed by atoms with Crippen LogP contribution in [0.1, 0.15) is 63.5 Å². The van der Waals surface area contributed by atoms with Crippen molar-refractivity contribution in [1.82, 2.24) is 5.43 Å². The lowest BCUT2D eigenvalue weighted by Crippen LogP contribution is -2.16. The predicted molar refractivity (Wildman–Crippen MR) is 80.4 cm³/mol. The summed E-state index contributed by atoms with van der Waals surface area (Å²) < 4.78 is 0. The Hall–Kier alpha value is -1.64. The van der Waals surface area contributed by atoms with E-state index in [4.69, 9.17) is 0 Å². The van der Waals surface area contributed by atoms with Gasteiger partial charge in [0.05, 0.1) is 6.21 Å². The van der Waals surface area contributed by atoms with Crippen LogP contribution in [-0.4, -0.2) is 12.1 Å². The van der Waals surface area contributed by atoms with Gasteiger partial charge in [-0.3, -0.25) is 4.79 Å². The number of unbranched alkanes of at least 4 members (excludes halogenated alkanes) is 2. The van der Waals surface area contributed by atoms with Crippen LogP contribution in [0.15, 0.2) is 29.4 Å². The van der Waals surface area contributed by atoms with E-state index in [0.717, 1.165) is 24.8 Å². The second-order valence-corrected chi connectivity index (χ2v) is 5.07. The van der Waals surface area contributed by atoms with Crippen molar-refractivity contribution in [3.05, 3.63) is 35.4 Å². The quantitative estimate of drug-likeness (QED) is 0.451. The Labute approximate surface area is 116 Å². The number of carbonyl (C=O) groups is 1. The smallest absolute Gasteiger partial charge is 0.240 e. The fraction of sp³-hybridized carbons (Fsp3) is 0.500. The molecule has 3 heteroatoms. The molecule has 19 heavy (non-hydrogen) atoms. The normalized spacial score (nSPS) is 11.2. The average Bonchev–Trinajstić information content (AvgIpc) is 2.39. The van der Waals surface area contributed by atoms with E-state index in [-0.39, 0.29) is 5.91 Å². The van der Waals surface area contributed by atoms with Crippen LogP contribution in [0, 0.1) is 0 Å². The van der Waals surface area contributed by atoms with Gasteiger partial charge in [-0.1, -0.05) is 57.9 Å². The molecule has 1 amide bonds. The fourth-order valence-electron chi connectivity index (χ4n) is 1.74. The molecule has 0 spiro atoms. The van der Waals surface area contributed by atoms with Crippen molar-refractivity contribution >= 4 is 12.1 Å². The molecule has 1 N–H and O–H groups in total. The third-order valence-electron chi connectivity index (χ3n) is 3.01. The van der Waals surface area contributed by atoms with Crippen LogP contribution in [0.4, 0.5) is 0 Å². The summed E-state index contributed by atoms with van der Waals surface area (Å²) >= 11 is 0. The van der Waals surface area contributed by atoms with Gasteiger partial charge in [0, 0.05) is 6.42 Å². The SMILES string of the molecule is CCCCCC(=O)N/N=C\c1ccc(C(C)C)cc1. The molecule has 0 saturated heterocycles. The number of rotatable bonds is 7. The molecule has 1 rings (SSSR count). The lowest BCUT2D eigenvalue weighted by atomic mass is 10.0. The highest BCUT2D eigenvalue weighted by Gasteiger charge is 1.99. The topological polar surface area (TPSA) is 41.5 Å². The Balaban J connectivity index is 2.37. The van der Waals surface area contributed by atoms with Gasteiger partial charge in [-0.25, -0.2) is 5.43 Å². The number of amides is 1. The molecule has 0 radical (unpaired) electrons. The Morgan fingerprint density at radius 2 is 1.95 bits per heavy atom. The number of benzene rings is 1. The van der Waals surface area contributed by atoms with Gasteiger partial charge in [0.2, 0.25) is 5.91 Å². The molecule has 0 heterocycles. The minimum Gasteiger partial charge on any atom is -0.273 e. The zero-order chi connectivity index (χ0) is 14.1. The number of nitrogens with one attached hydrogen (secondary N) is 1. The third kappa shape index (κ3) is 6.18. The minimum atomic E-state index is -0.0106. The van der Waals surface area contributed by atoms with Crippen LogP contribution >= 0.6 is 0 Å². The van der Waals surface area contributed by atoms with Crippen LogP contribution in [-0.2, 0) is 4.79 Å². The van der Waals surface area contributed by atoms with E-state index in [1.165, 1.54) is 5.56 Å². The molecule has 104 valence electrons. The maximum absolute atomic E-state index is 11.4. The van der Waals surface area contributed by atoms with Gasteiger partial charge in [0.25, 0.3) is 0 Å². The van der Waals surface area contributed by atoms with Crippen molar-refractivity contribution in [1.29, 1.82) is 0 Å². The summed E-state index contributed by atoms with van der Waals surface area (Å²) in [4.78, 5) is 11.4. The zero-order valence-electron chi connectivity index (χ0n) is 12.1. The van der Waals surface area contributed by atoms with E-state index in [9.17, 15) is 4.79 Å². The maximum atomic E-state index is 11.4. The number of hydrogen-bond donors (Lipinski definition) is 1. The second kappa shape index (κ2) is 8.46. The van der Waals surface area contributed by atoms with Gasteiger partial charge in [0.1, 0.15) is 0 Å². The Morgan fingerprint density at radius 1 is 1.26 bits per heavy atom. The van der Waals surface area contributed by atoms with Crippen molar-refractivity contribution in [3.8, 4) is 0 Å². The number of carbonyl (C=O) groups excluding carboxylic acids is 1. The first kappa shape index (κ1) is 15.4. The lowest BCUT2D eigenvalue weighted by molar-refractivity contribution is -0.121.